The van der Waals surface area contributed by atoms with Gasteiger partial charge in [0, 0.05) is 12.3 Å². The van der Waals surface area contributed by atoms with Crippen molar-refractivity contribution in [3.63, 3.8) is 0 Å². The molecule has 0 amide bonds. The second-order valence-corrected chi connectivity index (χ2v) is 7.72. The van der Waals surface area contributed by atoms with E-state index in [9.17, 15) is 17.9 Å². The van der Waals surface area contributed by atoms with E-state index < -0.39 is 15.7 Å². The smallest absolute Gasteiger partial charge is 0.178 e. The Morgan fingerprint density at radius 3 is 2.38 bits per heavy atom. The van der Waals surface area contributed by atoms with Crippen LogP contribution in [-0.2, 0) is 9.84 Å². The van der Waals surface area contributed by atoms with Crippen molar-refractivity contribution in [2.45, 2.75) is 44.2 Å². The quantitative estimate of drug-likeness (QED) is 0.810. The lowest BCUT2D eigenvalue weighted by Crippen LogP contribution is -2.26. The molecule has 1 aromatic rings. The van der Waals surface area contributed by atoms with Gasteiger partial charge in [0.2, 0.25) is 0 Å². The molecular formula is C15H24FNO3S. The maximum absolute atomic E-state index is 13.8. The number of benzene rings is 1. The average Bonchev–Trinajstić information content (AvgIpc) is 2.36. The van der Waals surface area contributed by atoms with Crippen LogP contribution in [0.5, 0.6) is 0 Å². The highest BCUT2D eigenvalue weighted by atomic mass is 32.2. The Labute approximate surface area is 126 Å². The molecule has 0 saturated heterocycles. The number of halogens is 1. The fourth-order valence-corrected chi connectivity index (χ4v) is 2.71. The molecule has 0 aliphatic carbocycles. The summed E-state index contributed by atoms with van der Waals surface area (Å²) in [5, 5.41) is 12.9. The second-order valence-electron chi connectivity index (χ2n) is 5.74. The lowest BCUT2D eigenvalue weighted by atomic mass is 10.0. The topological polar surface area (TPSA) is 66.4 Å². The zero-order chi connectivity index (χ0) is 16.2. The van der Waals surface area contributed by atoms with Crippen molar-refractivity contribution >= 4 is 9.84 Å². The van der Waals surface area contributed by atoms with Gasteiger partial charge in [0.15, 0.2) is 9.84 Å². The maximum atomic E-state index is 13.8. The first-order chi connectivity index (χ1) is 9.62. The van der Waals surface area contributed by atoms with Crippen molar-refractivity contribution in [2.75, 3.05) is 12.8 Å². The summed E-state index contributed by atoms with van der Waals surface area (Å²) in [5.41, 5.74) is 0.680. The van der Waals surface area contributed by atoms with Gasteiger partial charge in [-0.25, -0.2) is 12.8 Å². The molecule has 2 atom stereocenters. The van der Waals surface area contributed by atoms with Crippen LogP contribution < -0.4 is 5.32 Å². The third-order valence-corrected chi connectivity index (χ3v) is 4.65. The SMILES string of the molecule is CC(NCCC(O)C(C)C)c1ccc(S(C)(=O)=O)c(F)c1. The predicted molar refractivity (Wildman–Crippen MR) is 81.4 cm³/mol. The van der Waals surface area contributed by atoms with Gasteiger partial charge in [0.25, 0.3) is 0 Å². The normalized spacial score (nSPS) is 15.2. The van der Waals surface area contributed by atoms with Gasteiger partial charge in [-0.05, 0) is 43.5 Å². The van der Waals surface area contributed by atoms with Crippen LogP contribution in [0.4, 0.5) is 4.39 Å². The minimum absolute atomic E-state index is 0.118. The average molecular weight is 317 g/mol. The summed E-state index contributed by atoms with van der Waals surface area (Å²) in [6.07, 6.45) is 1.24. The first-order valence-electron chi connectivity index (χ1n) is 7.04. The highest BCUT2D eigenvalue weighted by Crippen LogP contribution is 2.20. The Kier molecular flexibility index (Phi) is 6.31. The minimum Gasteiger partial charge on any atom is -0.393 e. The van der Waals surface area contributed by atoms with Crippen LogP contribution in [-0.4, -0.2) is 32.4 Å². The Bertz CT molecular complexity index is 572. The summed E-state index contributed by atoms with van der Waals surface area (Å²) in [4.78, 5) is -0.284. The zero-order valence-electron chi connectivity index (χ0n) is 12.9. The molecule has 0 aromatic heterocycles. The molecule has 4 nitrogen and oxygen atoms in total. The third-order valence-electron chi connectivity index (χ3n) is 3.52. The van der Waals surface area contributed by atoms with E-state index in [4.69, 9.17) is 0 Å². The summed E-state index contributed by atoms with van der Waals surface area (Å²) in [7, 11) is -3.54. The molecular weight excluding hydrogens is 293 g/mol. The molecule has 2 N–H and O–H groups in total. The van der Waals surface area contributed by atoms with Crippen molar-refractivity contribution in [1.82, 2.24) is 5.32 Å². The van der Waals surface area contributed by atoms with E-state index in [0.717, 1.165) is 6.26 Å². The summed E-state index contributed by atoms with van der Waals surface area (Å²) in [5.74, 6) is -0.528. The van der Waals surface area contributed by atoms with Gasteiger partial charge < -0.3 is 10.4 Å². The summed E-state index contributed by atoms with van der Waals surface area (Å²) < 4.78 is 36.5. The van der Waals surface area contributed by atoms with Gasteiger partial charge in [-0.15, -0.1) is 0 Å². The van der Waals surface area contributed by atoms with Crippen LogP contribution in [0.25, 0.3) is 0 Å². The number of sulfone groups is 1. The summed E-state index contributed by atoms with van der Waals surface area (Å²) in [6, 6.07) is 4.02. The van der Waals surface area contributed by atoms with Crippen LogP contribution in [0.2, 0.25) is 0 Å². The molecule has 6 heteroatoms. The first-order valence-corrected chi connectivity index (χ1v) is 8.93. The Balaban J connectivity index is 2.68. The number of aliphatic hydroxyl groups excluding tert-OH is 1. The zero-order valence-corrected chi connectivity index (χ0v) is 13.7. The molecule has 0 saturated carbocycles. The minimum atomic E-state index is -3.54. The molecule has 120 valence electrons. The van der Waals surface area contributed by atoms with Crippen molar-refractivity contribution in [3.8, 4) is 0 Å². The second kappa shape index (κ2) is 7.33. The Morgan fingerprint density at radius 2 is 1.90 bits per heavy atom. The predicted octanol–water partition coefficient (Wildman–Crippen LogP) is 2.29. The van der Waals surface area contributed by atoms with E-state index in [0.29, 0.717) is 18.5 Å². The third kappa shape index (κ3) is 5.37. The largest absolute Gasteiger partial charge is 0.393 e. The van der Waals surface area contributed by atoms with E-state index in [1.54, 1.807) is 6.07 Å². The maximum Gasteiger partial charge on any atom is 0.178 e. The number of hydrogen-bond acceptors (Lipinski definition) is 4. The van der Waals surface area contributed by atoms with E-state index in [-0.39, 0.29) is 23.0 Å². The number of hydrogen-bond donors (Lipinski definition) is 2. The number of rotatable bonds is 7. The molecule has 0 bridgehead atoms. The Hall–Kier alpha value is -0.980. The van der Waals surface area contributed by atoms with Gasteiger partial charge in [0.1, 0.15) is 10.7 Å². The van der Waals surface area contributed by atoms with E-state index in [1.165, 1.54) is 12.1 Å². The van der Waals surface area contributed by atoms with Gasteiger partial charge in [-0.1, -0.05) is 19.9 Å². The molecule has 2 unspecified atom stereocenters. The molecule has 0 heterocycles. The van der Waals surface area contributed by atoms with Gasteiger partial charge >= 0.3 is 0 Å². The molecule has 21 heavy (non-hydrogen) atoms. The summed E-state index contributed by atoms with van der Waals surface area (Å²) >= 11 is 0. The first kappa shape index (κ1) is 18.1. The van der Waals surface area contributed by atoms with Crippen LogP contribution in [0.3, 0.4) is 0 Å². The fourth-order valence-electron chi connectivity index (χ4n) is 1.99. The van der Waals surface area contributed by atoms with Crippen LogP contribution >= 0.6 is 0 Å². The molecule has 1 rings (SSSR count). The monoisotopic (exact) mass is 317 g/mol. The van der Waals surface area contributed by atoms with Crippen molar-refractivity contribution in [2.24, 2.45) is 5.92 Å². The van der Waals surface area contributed by atoms with Crippen molar-refractivity contribution in [3.05, 3.63) is 29.6 Å². The highest BCUT2D eigenvalue weighted by molar-refractivity contribution is 7.90. The molecule has 0 fully saturated rings. The van der Waals surface area contributed by atoms with Crippen LogP contribution in [0, 0.1) is 11.7 Å². The van der Waals surface area contributed by atoms with Gasteiger partial charge in [-0.2, -0.15) is 0 Å². The Morgan fingerprint density at radius 1 is 1.29 bits per heavy atom. The van der Waals surface area contributed by atoms with Gasteiger partial charge in [0.05, 0.1) is 6.10 Å². The van der Waals surface area contributed by atoms with Crippen molar-refractivity contribution in [1.29, 1.82) is 0 Å². The van der Waals surface area contributed by atoms with Gasteiger partial charge in [-0.3, -0.25) is 0 Å². The van der Waals surface area contributed by atoms with E-state index in [1.807, 2.05) is 20.8 Å². The summed E-state index contributed by atoms with van der Waals surface area (Å²) in [6.45, 7) is 6.38. The number of nitrogens with one attached hydrogen (secondary N) is 1. The van der Waals surface area contributed by atoms with Crippen LogP contribution in [0.1, 0.15) is 38.8 Å². The highest BCUT2D eigenvalue weighted by Gasteiger charge is 2.16. The number of aliphatic hydroxyl groups is 1. The lowest BCUT2D eigenvalue weighted by molar-refractivity contribution is 0.115. The van der Waals surface area contributed by atoms with E-state index in [2.05, 4.69) is 5.32 Å². The molecule has 1 aromatic carbocycles. The van der Waals surface area contributed by atoms with E-state index >= 15 is 0 Å². The molecule has 0 aliphatic heterocycles. The van der Waals surface area contributed by atoms with Crippen molar-refractivity contribution < 1.29 is 17.9 Å². The van der Waals surface area contributed by atoms with Crippen LogP contribution in [0.15, 0.2) is 23.1 Å². The fraction of sp³-hybridized carbons (Fsp3) is 0.600. The standard InChI is InChI=1S/C15H24FNO3S/c1-10(2)14(18)7-8-17-11(3)12-5-6-15(13(16)9-12)21(4,19)20/h5-6,9-11,14,17-18H,7-8H2,1-4H3. The molecule has 0 spiro atoms. The molecule has 0 radical (unpaired) electrons. The lowest BCUT2D eigenvalue weighted by Gasteiger charge is -2.18. The molecule has 0 aliphatic rings.